The summed E-state index contributed by atoms with van der Waals surface area (Å²) in [5.41, 5.74) is 0. The van der Waals surface area contributed by atoms with Crippen molar-refractivity contribution in [3.8, 4) is 0 Å². The molecular weight excluding hydrogens is 212 g/mol. The Morgan fingerprint density at radius 3 is 2.31 bits per heavy atom. The third-order valence-electron chi connectivity index (χ3n) is 2.31. The van der Waals surface area contributed by atoms with Crippen molar-refractivity contribution in [2.75, 3.05) is 0 Å². The van der Waals surface area contributed by atoms with Gasteiger partial charge in [-0.3, -0.25) is 9.59 Å². The van der Waals surface area contributed by atoms with E-state index in [1.165, 1.54) is 19.9 Å². The van der Waals surface area contributed by atoms with E-state index in [2.05, 4.69) is 0 Å². The molecule has 1 atom stereocenters. The summed E-state index contributed by atoms with van der Waals surface area (Å²) < 4.78 is 10.1. The molecule has 1 rings (SSSR count). The Morgan fingerprint density at radius 1 is 1.31 bits per heavy atom. The van der Waals surface area contributed by atoms with Gasteiger partial charge in [-0.2, -0.15) is 0 Å². The van der Waals surface area contributed by atoms with Crippen LogP contribution in [0.4, 0.5) is 0 Å². The second-order valence-corrected chi connectivity index (χ2v) is 3.63. The first-order valence-corrected chi connectivity index (χ1v) is 5.04. The summed E-state index contributed by atoms with van der Waals surface area (Å²) in [4.78, 5) is 33.5. The standard InChI is InChI=1S/C11H14O5/c1-4-11(8(3)13)15-9(10(14)16-11)6-5-7(2)12/h6H,4-5H2,1-3H3/b9-6-. The number of ketones is 2. The molecule has 1 saturated heterocycles. The summed E-state index contributed by atoms with van der Waals surface area (Å²) in [6, 6.07) is 0. The average molecular weight is 226 g/mol. The van der Waals surface area contributed by atoms with Crippen molar-refractivity contribution in [2.45, 2.75) is 39.4 Å². The van der Waals surface area contributed by atoms with E-state index in [-0.39, 0.29) is 30.2 Å². The summed E-state index contributed by atoms with van der Waals surface area (Å²) in [7, 11) is 0. The summed E-state index contributed by atoms with van der Waals surface area (Å²) in [6.07, 6.45) is 1.67. The van der Waals surface area contributed by atoms with E-state index < -0.39 is 11.8 Å². The van der Waals surface area contributed by atoms with E-state index >= 15 is 0 Å². The van der Waals surface area contributed by atoms with Crippen LogP contribution in [-0.4, -0.2) is 23.3 Å². The molecule has 5 nitrogen and oxygen atoms in total. The molecule has 0 amide bonds. The fourth-order valence-electron chi connectivity index (χ4n) is 1.34. The minimum atomic E-state index is -1.50. The van der Waals surface area contributed by atoms with E-state index in [1.54, 1.807) is 6.92 Å². The molecule has 88 valence electrons. The molecule has 16 heavy (non-hydrogen) atoms. The lowest BCUT2D eigenvalue weighted by molar-refractivity contribution is -0.182. The summed E-state index contributed by atoms with van der Waals surface area (Å²) in [5.74, 6) is -2.72. The van der Waals surface area contributed by atoms with E-state index in [0.717, 1.165) is 0 Å². The molecule has 1 unspecified atom stereocenters. The smallest absolute Gasteiger partial charge is 0.377 e. The van der Waals surface area contributed by atoms with Gasteiger partial charge >= 0.3 is 11.8 Å². The molecule has 0 aliphatic carbocycles. The SMILES string of the molecule is CCC1(C(C)=O)OC(=O)/C(=C/CC(C)=O)O1. The maximum absolute atomic E-state index is 11.4. The fourth-order valence-corrected chi connectivity index (χ4v) is 1.34. The Labute approximate surface area is 93.4 Å². The van der Waals surface area contributed by atoms with Crippen molar-refractivity contribution < 1.29 is 23.9 Å². The van der Waals surface area contributed by atoms with E-state index in [4.69, 9.17) is 9.47 Å². The number of Topliss-reactive ketones (excluding diaryl/α,β-unsaturated/α-hetero) is 2. The molecule has 5 heteroatoms. The van der Waals surface area contributed by atoms with Gasteiger partial charge in [-0.05, 0) is 13.0 Å². The number of hydrogen-bond donors (Lipinski definition) is 0. The highest BCUT2D eigenvalue weighted by atomic mass is 16.8. The summed E-state index contributed by atoms with van der Waals surface area (Å²) in [6.45, 7) is 4.38. The van der Waals surface area contributed by atoms with Gasteiger partial charge in [-0.15, -0.1) is 0 Å². The maximum Gasteiger partial charge on any atom is 0.377 e. The number of carbonyl (C=O) groups excluding carboxylic acids is 3. The largest absolute Gasteiger partial charge is 0.438 e. The summed E-state index contributed by atoms with van der Waals surface area (Å²) >= 11 is 0. The van der Waals surface area contributed by atoms with Crippen LogP contribution in [0.5, 0.6) is 0 Å². The topological polar surface area (TPSA) is 69.7 Å². The fraction of sp³-hybridized carbons (Fsp3) is 0.545. The van der Waals surface area contributed by atoms with Crippen LogP contribution < -0.4 is 0 Å². The first-order chi connectivity index (χ1) is 7.41. The normalized spacial score (nSPS) is 26.4. The van der Waals surface area contributed by atoms with Crippen LogP contribution in [-0.2, 0) is 23.9 Å². The maximum atomic E-state index is 11.4. The molecule has 0 spiro atoms. The molecule has 0 radical (unpaired) electrons. The summed E-state index contributed by atoms with van der Waals surface area (Å²) in [5, 5.41) is 0. The van der Waals surface area contributed by atoms with Crippen LogP contribution >= 0.6 is 0 Å². The Balaban J connectivity index is 2.88. The lowest BCUT2D eigenvalue weighted by Gasteiger charge is -2.20. The number of esters is 1. The van der Waals surface area contributed by atoms with E-state index in [0.29, 0.717) is 0 Å². The van der Waals surface area contributed by atoms with Crippen molar-refractivity contribution in [2.24, 2.45) is 0 Å². The van der Waals surface area contributed by atoms with Gasteiger partial charge in [0.15, 0.2) is 0 Å². The third kappa shape index (κ3) is 2.29. The van der Waals surface area contributed by atoms with Crippen LogP contribution in [0, 0.1) is 0 Å². The van der Waals surface area contributed by atoms with Gasteiger partial charge in [0, 0.05) is 19.8 Å². The van der Waals surface area contributed by atoms with E-state index in [1.807, 2.05) is 0 Å². The second-order valence-electron chi connectivity index (χ2n) is 3.63. The van der Waals surface area contributed by atoms with Gasteiger partial charge in [0.05, 0.1) is 0 Å². The van der Waals surface area contributed by atoms with E-state index in [9.17, 15) is 14.4 Å². The first kappa shape index (κ1) is 12.4. The number of rotatable bonds is 4. The van der Waals surface area contributed by atoms with Crippen molar-refractivity contribution in [3.05, 3.63) is 11.8 Å². The van der Waals surface area contributed by atoms with Gasteiger partial charge in [-0.25, -0.2) is 4.79 Å². The number of hydrogen-bond acceptors (Lipinski definition) is 5. The van der Waals surface area contributed by atoms with Gasteiger partial charge in [0.25, 0.3) is 0 Å². The zero-order valence-electron chi connectivity index (χ0n) is 9.53. The predicted molar refractivity (Wildman–Crippen MR) is 54.3 cm³/mol. The molecule has 0 aromatic rings. The Hall–Kier alpha value is -1.65. The molecule has 0 aromatic carbocycles. The van der Waals surface area contributed by atoms with Crippen LogP contribution in [0.1, 0.15) is 33.6 Å². The van der Waals surface area contributed by atoms with Crippen molar-refractivity contribution in [3.63, 3.8) is 0 Å². The average Bonchev–Trinajstić information content (AvgIpc) is 2.53. The number of ether oxygens (including phenoxy) is 2. The molecule has 0 aromatic heterocycles. The van der Waals surface area contributed by atoms with Crippen LogP contribution in [0.15, 0.2) is 11.8 Å². The lowest BCUT2D eigenvalue weighted by Crippen LogP contribution is -2.37. The van der Waals surface area contributed by atoms with Crippen molar-refractivity contribution in [1.29, 1.82) is 0 Å². The number of allylic oxidation sites excluding steroid dienone is 1. The highest BCUT2D eigenvalue weighted by Gasteiger charge is 2.48. The van der Waals surface area contributed by atoms with Crippen LogP contribution in [0.2, 0.25) is 0 Å². The molecule has 0 bridgehead atoms. The minimum absolute atomic E-state index is 0.0627. The second kappa shape index (κ2) is 4.47. The van der Waals surface area contributed by atoms with Gasteiger partial charge in [-0.1, -0.05) is 6.92 Å². The number of carbonyl (C=O) groups is 3. The molecule has 1 aliphatic heterocycles. The first-order valence-electron chi connectivity index (χ1n) is 5.04. The molecular formula is C11H14O5. The van der Waals surface area contributed by atoms with Crippen molar-refractivity contribution >= 4 is 17.5 Å². The minimum Gasteiger partial charge on any atom is -0.438 e. The van der Waals surface area contributed by atoms with Gasteiger partial charge in [0.2, 0.25) is 11.5 Å². The van der Waals surface area contributed by atoms with Crippen molar-refractivity contribution in [1.82, 2.24) is 0 Å². The molecule has 1 fully saturated rings. The van der Waals surface area contributed by atoms with Crippen LogP contribution in [0.25, 0.3) is 0 Å². The molecule has 1 heterocycles. The van der Waals surface area contributed by atoms with Crippen LogP contribution in [0.3, 0.4) is 0 Å². The highest BCUT2D eigenvalue weighted by Crippen LogP contribution is 2.31. The zero-order chi connectivity index (χ0) is 12.3. The number of cyclic esters (lactones) is 1. The van der Waals surface area contributed by atoms with Gasteiger partial charge < -0.3 is 9.47 Å². The Bertz CT molecular complexity index is 369. The van der Waals surface area contributed by atoms with Gasteiger partial charge in [0.1, 0.15) is 5.78 Å². The quantitative estimate of drug-likeness (QED) is 0.530. The Morgan fingerprint density at radius 2 is 1.94 bits per heavy atom. The third-order valence-corrected chi connectivity index (χ3v) is 2.31. The zero-order valence-corrected chi connectivity index (χ0v) is 9.53. The highest BCUT2D eigenvalue weighted by molar-refractivity contribution is 5.95. The lowest BCUT2D eigenvalue weighted by atomic mass is 10.1. The monoisotopic (exact) mass is 226 g/mol. The molecule has 1 aliphatic rings. The molecule has 0 saturated carbocycles. The molecule has 0 N–H and O–H groups in total. The predicted octanol–water partition coefficient (Wildman–Crippen LogP) is 1.12. The Kier molecular flexibility index (Phi) is 3.47.